The SMILES string of the molecule is O=C(OCCn1ncc2c1CCN(c1nc(-c3cc(F)c(Cl)cc3F)nc3ccsc13)C2)c1ccccc1. The van der Waals surface area contributed by atoms with Gasteiger partial charge in [0.2, 0.25) is 0 Å². The summed E-state index contributed by atoms with van der Waals surface area (Å²) < 4.78 is 37.0. The lowest BCUT2D eigenvalue weighted by molar-refractivity contribution is 0.0486. The Morgan fingerprint density at radius 2 is 1.95 bits per heavy atom. The molecular formula is C27H20ClF2N5O2S. The molecule has 0 amide bonds. The third-order valence-corrected chi connectivity index (χ3v) is 7.59. The molecule has 38 heavy (non-hydrogen) atoms. The van der Waals surface area contributed by atoms with Crippen molar-refractivity contribution in [1.82, 2.24) is 19.7 Å². The molecule has 4 heterocycles. The molecule has 0 bridgehead atoms. The molecule has 1 aliphatic rings. The summed E-state index contributed by atoms with van der Waals surface area (Å²) in [6, 6.07) is 12.7. The van der Waals surface area contributed by atoms with Crippen LogP contribution in [0.25, 0.3) is 21.6 Å². The van der Waals surface area contributed by atoms with Crippen LogP contribution in [0.4, 0.5) is 14.6 Å². The fraction of sp³-hybridized carbons (Fsp3) is 0.185. The second kappa shape index (κ2) is 10.1. The van der Waals surface area contributed by atoms with Crippen LogP contribution >= 0.6 is 22.9 Å². The minimum atomic E-state index is -0.733. The molecule has 0 N–H and O–H groups in total. The fourth-order valence-corrected chi connectivity index (χ4v) is 5.53. The van der Waals surface area contributed by atoms with Crippen LogP contribution in [0.5, 0.6) is 0 Å². The number of anilines is 1. The van der Waals surface area contributed by atoms with E-state index in [0.717, 1.165) is 28.1 Å². The van der Waals surface area contributed by atoms with Crippen molar-refractivity contribution in [3.05, 3.63) is 93.6 Å². The quantitative estimate of drug-likeness (QED) is 0.193. The topological polar surface area (TPSA) is 73.1 Å². The number of esters is 1. The van der Waals surface area contributed by atoms with E-state index in [-0.39, 0.29) is 29.0 Å². The van der Waals surface area contributed by atoms with Crippen molar-refractivity contribution in [2.24, 2.45) is 0 Å². The van der Waals surface area contributed by atoms with Gasteiger partial charge >= 0.3 is 5.97 Å². The molecule has 0 saturated carbocycles. The second-order valence-corrected chi connectivity index (χ2v) is 10.1. The second-order valence-electron chi connectivity index (χ2n) is 8.77. The zero-order valence-corrected chi connectivity index (χ0v) is 21.5. The Bertz CT molecular complexity index is 1660. The van der Waals surface area contributed by atoms with E-state index in [1.54, 1.807) is 24.3 Å². The van der Waals surface area contributed by atoms with Gasteiger partial charge in [0, 0.05) is 30.8 Å². The summed E-state index contributed by atoms with van der Waals surface area (Å²) >= 11 is 7.23. The number of benzene rings is 2. The van der Waals surface area contributed by atoms with Gasteiger partial charge in [-0.05, 0) is 35.7 Å². The van der Waals surface area contributed by atoms with Crippen LogP contribution in [0.1, 0.15) is 21.6 Å². The summed E-state index contributed by atoms with van der Waals surface area (Å²) in [4.78, 5) is 23.5. The van der Waals surface area contributed by atoms with Crippen LogP contribution in [0.15, 0.2) is 60.1 Å². The molecule has 11 heteroatoms. The van der Waals surface area contributed by atoms with E-state index in [1.165, 1.54) is 11.3 Å². The molecule has 7 nitrogen and oxygen atoms in total. The minimum Gasteiger partial charge on any atom is -0.460 e. The lowest BCUT2D eigenvalue weighted by Crippen LogP contribution is -2.32. The number of hydrogen-bond donors (Lipinski definition) is 0. The molecule has 192 valence electrons. The van der Waals surface area contributed by atoms with E-state index >= 15 is 0 Å². The van der Waals surface area contributed by atoms with Gasteiger partial charge in [0.1, 0.15) is 18.2 Å². The molecule has 6 rings (SSSR count). The first-order chi connectivity index (χ1) is 18.5. The van der Waals surface area contributed by atoms with E-state index < -0.39 is 11.6 Å². The first kappa shape index (κ1) is 24.4. The van der Waals surface area contributed by atoms with E-state index in [4.69, 9.17) is 16.3 Å². The number of hydrogen-bond acceptors (Lipinski definition) is 7. The number of aromatic nitrogens is 4. The van der Waals surface area contributed by atoms with Crippen LogP contribution in [0.2, 0.25) is 5.02 Å². The van der Waals surface area contributed by atoms with E-state index in [2.05, 4.69) is 20.0 Å². The fourth-order valence-electron chi connectivity index (χ4n) is 4.53. The standard InChI is InChI=1S/C27H20ClF2N5O2S/c28-19-13-20(29)18(12-21(19)30)25-32-22-7-11-38-24(22)26(33-25)34-8-6-23-17(15-34)14-31-35(23)9-10-37-27(36)16-4-2-1-3-5-16/h1-5,7,11-14H,6,8-10,15H2. The largest absolute Gasteiger partial charge is 0.460 e. The highest BCUT2D eigenvalue weighted by molar-refractivity contribution is 7.17. The van der Waals surface area contributed by atoms with Gasteiger partial charge in [0.05, 0.1) is 39.1 Å². The van der Waals surface area contributed by atoms with Crippen molar-refractivity contribution < 1.29 is 18.3 Å². The molecular weight excluding hydrogens is 532 g/mol. The van der Waals surface area contributed by atoms with Crippen molar-refractivity contribution in [2.45, 2.75) is 19.5 Å². The maximum Gasteiger partial charge on any atom is 0.338 e. The molecule has 0 atom stereocenters. The van der Waals surface area contributed by atoms with Crippen molar-refractivity contribution >= 4 is 44.9 Å². The number of nitrogens with zero attached hydrogens (tertiary/aromatic N) is 5. The maximum absolute atomic E-state index is 14.7. The third kappa shape index (κ3) is 4.61. The van der Waals surface area contributed by atoms with E-state index in [0.29, 0.717) is 43.0 Å². The van der Waals surface area contributed by atoms with E-state index in [9.17, 15) is 13.6 Å². The van der Waals surface area contributed by atoms with Gasteiger partial charge in [0.25, 0.3) is 0 Å². The van der Waals surface area contributed by atoms with Crippen LogP contribution in [0, 0.1) is 11.6 Å². The molecule has 0 fully saturated rings. The zero-order valence-electron chi connectivity index (χ0n) is 19.9. The highest BCUT2D eigenvalue weighted by atomic mass is 35.5. The molecule has 0 spiro atoms. The van der Waals surface area contributed by atoms with Crippen molar-refractivity contribution in [1.29, 1.82) is 0 Å². The molecule has 2 aromatic carbocycles. The zero-order chi connectivity index (χ0) is 26.2. The lowest BCUT2D eigenvalue weighted by Gasteiger charge is -2.29. The molecule has 1 aliphatic heterocycles. The Hall–Kier alpha value is -3.89. The van der Waals surface area contributed by atoms with Crippen LogP contribution in [0.3, 0.4) is 0 Å². The van der Waals surface area contributed by atoms with Crippen molar-refractivity contribution in [2.75, 3.05) is 18.1 Å². The van der Waals surface area contributed by atoms with E-state index in [1.807, 2.05) is 28.4 Å². The number of carbonyl (C=O) groups is 1. The summed E-state index contributed by atoms with van der Waals surface area (Å²) in [6.45, 7) is 1.84. The van der Waals surface area contributed by atoms with Crippen LogP contribution in [-0.2, 0) is 24.2 Å². The lowest BCUT2D eigenvalue weighted by atomic mass is 10.1. The van der Waals surface area contributed by atoms with Gasteiger partial charge in [-0.25, -0.2) is 23.5 Å². The average molecular weight is 552 g/mol. The molecule has 0 radical (unpaired) electrons. The van der Waals surface area contributed by atoms with Crippen LogP contribution in [-0.4, -0.2) is 38.9 Å². The monoisotopic (exact) mass is 551 g/mol. The average Bonchev–Trinajstić information content (AvgIpc) is 3.57. The van der Waals surface area contributed by atoms with Gasteiger partial charge in [-0.3, -0.25) is 4.68 Å². The number of ether oxygens (including phenoxy) is 1. The first-order valence-electron chi connectivity index (χ1n) is 11.9. The Labute approximate surface area is 225 Å². The maximum atomic E-state index is 14.7. The summed E-state index contributed by atoms with van der Waals surface area (Å²) in [6.07, 6.45) is 2.50. The summed E-state index contributed by atoms with van der Waals surface area (Å²) in [7, 11) is 0. The summed E-state index contributed by atoms with van der Waals surface area (Å²) in [5.74, 6) is -1.03. The molecule has 3 aromatic heterocycles. The number of halogens is 3. The Kier molecular flexibility index (Phi) is 6.50. The van der Waals surface area contributed by atoms with Crippen molar-refractivity contribution in [3.63, 3.8) is 0 Å². The summed E-state index contributed by atoms with van der Waals surface area (Å²) in [5, 5.41) is 6.11. The first-order valence-corrected chi connectivity index (χ1v) is 13.1. The Balaban J connectivity index is 1.22. The van der Waals surface area contributed by atoms with Gasteiger partial charge in [-0.2, -0.15) is 5.10 Å². The number of carbonyl (C=O) groups excluding carboxylic acids is 1. The smallest absolute Gasteiger partial charge is 0.338 e. The third-order valence-electron chi connectivity index (χ3n) is 6.40. The molecule has 0 aliphatic carbocycles. The molecule has 0 saturated heterocycles. The molecule has 5 aromatic rings. The number of thiophene rings is 1. The van der Waals surface area contributed by atoms with Gasteiger partial charge in [0.15, 0.2) is 11.6 Å². The Morgan fingerprint density at radius 1 is 1.11 bits per heavy atom. The van der Waals surface area contributed by atoms with Crippen LogP contribution < -0.4 is 4.90 Å². The van der Waals surface area contributed by atoms with Gasteiger partial charge in [-0.15, -0.1) is 11.3 Å². The summed E-state index contributed by atoms with van der Waals surface area (Å²) in [5.41, 5.74) is 3.22. The predicted octanol–water partition coefficient (Wildman–Crippen LogP) is 5.91. The highest BCUT2D eigenvalue weighted by Gasteiger charge is 2.25. The Morgan fingerprint density at radius 3 is 2.79 bits per heavy atom. The number of rotatable bonds is 6. The normalized spacial score (nSPS) is 13.1. The van der Waals surface area contributed by atoms with Gasteiger partial charge < -0.3 is 9.64 Å². The highest BCUT2D eigenvalue weighted by Crippen LogP contribution is 2.35. The number of fused-ring (bicyclic) bond motifs is 2. The predicted molar refractivity (Wildman–Crippen MR) is 141 cm³/mol. The van der Waals surface area contributed by atoms with Crippen molar-refractivity contribution in [3.8, 4) is 11.4 Å². The minimum absolute atomic E-state index is 0.0446. The molecule has 0 unspecified atom stereocenters. The van der Waals surface area contributed by atoms with Gasteiger partial charge in [-0.1, -0.05) is 29.8 Å².